The summed E-state index contributed by atoms with van der Waals surface area (Å²) in [7, 11) is 1.67. The lowest BCUT2D eigenvalue weighted by Gasteiger charge is -2.31. The van der Waals surface area contributed by atoms with Crippen molar-refractivity contribution < 1.29 is 14.4 Å². The zero-order chi connectivity index (χ0) is 23.0. The number of hydrogen-bond donors (Lipinski definition) is 2. The maximum atomic E-state index is 13.7. The number of nitrogens with one attached hydrogen (secondary N) is 2. The van der Waals surface area contributed by atoms with E-state index < -0.39 is 12.1 Å². The first kappa shape index (κ1) is 22.8. The van der Waals surface area contributed by atoms with Crippen molar-refractivity contribution >= 4 is 17.8 Å². The zero-order valence-corrected chi connectivity index (χ0v) is 19.6. The third-order valence-corrected chi connectivity index (χ3v) is 6.05. The highest BCUT2D eigenvalue weighted by Gasteiger charge is 2.47. The molecule has 0 bridgehead atoms. The molecule has 1 aromatic carbocycles. The summed E-state index contributed by atoms with van der Waals surface area (Å²) in [5.74, 6) is -0.0858. The Kier molecular flexibility index (Phi) is 6.43. The van der Waals surface area contributed by atoms with Gasteiger partial charge in [0.1, 0.15) is 6.04 Å². The second kappa shape index (κ2) is 8.73. The molecule has 1 aromatic rings. The maximum Gasteiger partial charge on any atom is 0.322 e. The molecule has 2 aliphatic heterocycles. The average molecular weight is 427 g/mol. The summed E-state index contributed by atoms with van der Waals surface area (Å²) in [6, 6.07) is 4.64. The molecular weight excluding hydrogens is 392 g/mol. The van der Waals surface area contributed by atoms with Crippen molar-refractivity contribution in [2.75, 3.05) is 20.1 Å². The third-order valence-electron chi connectivity index (χ3n) is 6.05. The van der Waals surface area contributed by atoms with E-state index in [0.29, 0.717) is 23.7 Å². The Labute approximate surface area is 184 Å². The Hall–Kier alpha value is -2.83. The molecule has 4 amide bonds. The third kappa shape index (κ3) is 4.31. The maximum absolute atomic E-state index is 13.7. The molecule has 2 N–H and O–H groups in total. The molecule has 0 aliphatic carbocycles. The van der Waals surface area contributed by atoms with Crippen molar-refractivity contribution in [2.45, 2.75) is 53.6 Å². The van der Waals surface area contributed by atoms with Crippen LogP contribution in [-0.4, -0.2) is 53.8 Å². The molecule has 2 heterocycles. The van der Waals surface area contributed by atoms with E-state index in [2.05, 4.69) is 10.6 Å². The molecule has 0 fully saturated rings. The van der Waals surface area contributed by atoms with Gasteiger partial charge in [-0.2, -0.15) is 0 Å². The van der Waals surface area contributed by atoms with Gasteiger partial charge in [-0.25, -0.2) is 4.79 Å². The first-order valence-corrected chi connectivity index (χ1v) is 11.0. The molecule has 168 valence electrons. The van der Waals surface area contributed by atoms with Crippen LogP contribution in [0.1, 0.15) is 50.4 Å². The van der Waals surface area contributed by atoms with Gasteiger partial charge in [0.2, 0.25) is 5.91 Å². The molecule has 0 saturated carbocycles. The Morgan fingerprint density at radius 3 is 2.45 bits per heavy atom. The number of hydrogen-bond acceptors (Lipinski definition) is 3. The van der Waals surface area contributed by atoms with E-state index >= 15 is 0 Å². The first-order valence-electron chi connectivity index (χ1n) is 11.0. The predicted octanol–water partition coefficient (Wildman–Crippen LogP) is 2.89. The lowest BCUT2D eigenvalue weighted by Crippen LogP contribution is -2.52. The fourth-order valence-corrected chi connectivity index (χ4v) is 4.41. The molecule has 7 nitrogen and oxygen atoms in total. The van der Waals surface area contributed by atoms with E-state index in [0.717, 1.165) is 16.7 Å². The number of rotatable bonds is 6. The Bertz CT molecular complexity index is 935. The standard InChI is InChI=1S/C24H34N4O3/c1-13(2)11-25-22(29)21(14(3)4)28-12-18-19(23(28)30)20(26-24(31)27(18)7)17-9-8-15(5)10-16(17)6/h8-10,13-14,20-21H,11-12H2,1-7H3,(H,25,29)(H,26,31)/t20-,21-/m0/s1. The summed E-state index contributed by atoms with van der Waals surface area (Å²) >= 11 is 0. The number of benzene rings is 1. The SMILES string of the molecule is Cc1ccc([C@@H]2NC(=O)N(C)C3=C2C(=O)N([C@H](C(=O)NCC(C)C)C(C)C)C3)c(C)c1. The second-order valence-electron chi connectivity index (χ2n) is 9.42. The normalized spacial score (nSPS) is 19.8. The highest BCUT2D eigenvalue weighted by Crippen LogP contribution is 2.38. The Morgan fingerprint density at radius 1 is 1.19 bits per heavy atom. The fourth-order valence-electron chi connectivity index (χ4n) is 4.41. The van der Waals surface area contributed by atoms with Gasteiger partial charge in [0.25, 0.3) is 5.91 Å². The van der Waals surface area contributed by atoms with Crippen LogP contribution in [0.4, 0.5) is 4.79 Å². The van der Waals surface area contributed by atoms with Crippen LogP contribution in [-0.2, 0) is 9.59 Å². The van der Waals surface area contributed by atoms with Crippen LogP contribution < -0.4 is 10.6 Å². The van der Waals surface area contributed by atoms with Gasteiger partial charge in [0, 0.05) is 13.6 Å². The monoisotopic (exact) mass is 426 g/mol. The number of carbonyl (C=O) groups excluding carboxylic acids is 3. The molecule has 0 radical (unpaired) electrons. The summed E-state index contributed by atoms with van der Waals surface area (Å²) in [4.78, 5) is 42.5. The van der Waals surface area contributed by atoms with E-state index in [4.69, 9.17) is 0 Å². The molecular formula is C24H34N4O3. The van der Waals surface area contributed by atoms with E-state index in [-0.39, 0.29) is 30.3 Å². The van der Waals surface area contributed by atoms with Gasteiger partial charge >= 0.3 is 6.03 Å². The average Bonchev–Trinajstić information content (AvgIpc) is 3.01. The minimum atomic E-state index is -0.597. The number of carbonyl (C=O) groups is 3. The van der Waals surface area contributed by atoms with Crippen LogP contribution in [0.15, 0.2) is 29.5 Å². The molecule has 0 spiro atoms. The summed E-state index contributed by atoms with van der Waals surface area (Å²) in [6.07, 6.45) is 0. The minimum Gasteiger partial charge on any atom is -0.354 e. The second-order valence-corrected chi connectivity index (χ2v) is 9.42. The summed E-state index contributed by atoms with van der Waals surface area (Å²) in [5.41, 5.74) is 4.26. The number of urea groups is 1. The van der Waals surface area contributed by atoms with Crippen molar-refractivity contribution in [3.05, 3.63) is 46.2 Å². The van der Waals surface area contributed by atoms with Crippen molar-refractivity contribution in [3.8, 4) is 0 Å². The van der Waals surface area contributed by atoms with Crippen LogP contribution in [0.25, 0.3) is 0 Å². The van der Waals surface area contributed by atoms with Gasteiger partial charge < -0.3 is 15.5 Å². The molecule has 2 aliphatic rings. The van der Waals surface area contributed by atoms with E-state index in [1.54, 1.807) is 11.9 Å². The summed E-state index contributed by atoms with van der Waals surface area (Å²) < 4.78 is 0. The first-order chi connectivity index (χ1) is 14.5. The molecule has 0 saturated heterocycles. The number of likely N-dealkylation sites (N-methyl/N-ethyl adjacent to an activating group) is 1. The highest BCUT2D eigenvalue weighted by molar-refractivity contribution is 6.03. The van der Waals surface area contributed by atoms with Gasteiger partial charge in [-0.1, -0.05) is 51.5 Å². The molecule has 31 heavy (non-hydrogen) atoms. The summed E-state index contributed by atoms with van der Waals surface area (Å²) in [5, 5.41) is 5.96. The largest absolute Gasteiger partial charge is 0.354 e. The topological polar surface area (TPSA) is 81.8 Å². The van der Waals surface area contributed by atoms with Gasteiger partial charge in [0.15, 0.2) is 0 Å². The van der Waals surface area contributed by atoms with Crippen molar-refractivity contribution in [1.82, 2.24) is 20.4 Å². The van der Waals surface area contributed by atoms with E-state index in [1.165, 1.54) is 4.90 Å². The predicted molar refractivity (Wildman–Crippen MR) is 120 cm³/mol. The van der Waals surface area contributed by atoms with Crippen LogP contribution in [0.3, 0.4) is 0 Å². The smallest absolute Gasteiger partial charge is 0.322 e. The van der Waals surface area contributed by atoms with E-state index in [1.807, 2.05) is 59.7 Å². The van der Waals surface area contributed by atoms with Gasteiger partial charge in [-0.15, -0.1) is 0 Å². The van der Waals surface area contributed by atoms with E-state index in [9.17, 15) is 14.4 Å². The molecule has 3 rings (SSSR count). The number of aryl methyl sites for hydroxylation is 2. The zero-order valence-electron chi connectivity index (χ0n) is 19.6. The molecule has 2 atom stereocenters. The van der Waals surface area contributed by atoms with Crippen LogP contribution >= 0.6 is 0 Å². The fraction of sp³-hybridized carbons (Fsp3) is 0.542. The van der Waals surface area contributed by atoms with Gasteiger partial charge in [-0.05, 0) is 36.8 Å². The van der Waals surface area contributed by atoms with Crippen molar-refractivity contribution in [2.24, 2.45) is 11.8 Å². The highest BCUT2D eigenvalue weighted by atomic mass is 16.2. The lowest BCUT2D eigenvalue weighted by atomic mass is 9.91. The summed E-state index contributed by atoms with van der Waals surface area (Å²) in [6.45, 7) is 12.8. The lowest BCUT2D eigenvalue weighted by molar-refractivity contribution is -0.138. The Balaban J connectivity index is 1.98. The van der Waals surface area contributed by atoms with Crippen molar-refractivity contribution in [3.63, 3.8) is 0 Å². The molecule has 0 aromatic heterocycles. The van der Waals surface area contributed by atoms with Crippen LogP contribution in [0.5, 0.6) is 0 Å². The molecule has 0 unspecified atom stereocenters. The Morgan fingerprint density at radius 2 is 1.87 bits per heavy atom. The van der Waals surface area contributed by atoms with Gasteiger partial charge in [-0.3, -0.25) is 14.5 Å². The quantitative estimate of drug-likeness (QED) is 0.734. The van der Waals surface area contributed by atoms with Crippen molar-refractivity contribution in [1.29, 1.82) is 0 Å². The number of nitrogens with zero attached hydrogens (tertiary/aromatic N) is 2. The van der Waals surface area contributed by atoms with Gasteiger partial charge in [0.05, 0.1) is 23.9 Å². The molecule has 7 heteroatoms. The minimum absolute atomic E-state index is 0.0639. The number of amides is 4. The van der Waals surface area contributed by atoms with Crippen LogP contribution in [0.2, 0.25) is 0 Å². The van der Waals surface area contributed by atoms with Crippen LogP contribution in [0, 0.1) is 25.7 Å².